The molecule has 0 bridgehead atoms. The Bertz CT molecular complexity index is 1530. The molecule has 0 aliphatic carbocycles. The van der Waals surface area contributed by atoms with Crippen molar-refractivity contribution in [3.05, 3.63) is 122 Å². The monoisotopic (exact) mass is 921 g/mol. The van der Waals surface area contributed by atoms with Crippen molar-refractivity contribution in [2.24, 2.45) is 0 Å². The number of anilines is 1. The summed E-state index contributed by atoms with van der Waals surface area (Å²) in [5.41, 5.74) is 5.35. The summed E-state index contributed by atoms with van der Waals surface area (Å²) in [5.74, 6) is 0.535. The molecule has 8 heteroatoms. The van der Waals surface area contributed by atoms with Crippen LogP contribution < -0.4 is 26.5 Å². The number of imidazole rings is 1. The average molecular weight is 921 g/mol. The second kappa shape index (κ2) is 11.9. The predicted molar refractivity (Wildman–Crippen MR) is 143 cm³/mol. The molecule has 5 rings (SSSR count). The summed E-state index contributed by atoms with van der Waals surface area (Å²) in [6.45, 7) is 3.84. The number of fused-ring (bicyclic) bond motifs is 1. The van der Waals surface area contributed by atoms with E-state index in [1.54, 1.807) is 12.1 Å². The molecule has 178 valence electrons. The third-order valence-electron chi connectivity index (χ3n) is 5.34. The van der Waals surface area contributed by atoms with Crippen molar-refractivity contribution in [2.45, 2.75) is 0 Å². The number of nitrogens with zero attached hydrogens (tertiary/aromatic N) is 1. The minimum atomic E-state index is -0.766. The Morgan fingerprint density at radius 3 is 2.22 bits per heavy atom. The van der Waals surface area contributed by atoms with Gasteiger partial charge in [-0.3, -0.25) is 4.79 Å². The van der Waals surface area contributed by atoms with Crippen LogP contribution in [0.15, 0.2) is 91.0 Å². The van der Waals surface area contributed by atoms with E-state index in [-0.39, 0.29) is 40.8 Å². The summed E-state index contributed by atoms with van der Waals surface area (Å²) in [6.07, 6.45) is 0. The normalized spacial score (nSPS) is 10.7. The van der Waals surface area contributed by atoms with Crippen LogP contribution in [0, 0.1) is 45.2 Å². The Labute approximate surface area is 256 Å². The van der Waals surface area contributed by atoms with E-state index in [0.29, 0.717) is 22.6 Å². The molecule has 5 aromatic rings. The van der Waals surface area contributed by atoms with Gasteiger partial charge in [0.2, 0.25) is 0 Å². The molecule has 4 aromatic carbocycles. The molecule has 0 saturated heterocycles. The van der Waals surface area contributed by atoms with Crippen LogP contribution >= 0.6 is 22.6 Å². The zero-order valence-electron chi connectivity index (χ0n) is 18.9. The van der Waals surface area contributed by atoms with Gasteiger partial charge in [-0.2, -0.15) is 24.6 Å². The van der Waals surface area contributed by atoms with Crippen LogP contribution in [0.2, 0.25) is 0 Å². The van der Waals surface area contributed by atoms with Crippen molar-refractivity contribution in [2.75, 3.05) is 5.32 Å². The van der Waals surface area contributed by atoms with Crippen molar-refractivity contribution in [3.63, 3.8) is 0 Å². The molecule has 1 aromatic heterocycles. The maximum Gasteiger partial charge on any atom is 0 e. The third-order valence-corrected chi connectivity index (χ3v) is 8.51. The molecule has 1 heterocycles. The topological polar surface area (TPSA) is 74.8 Å². The number of H-pyrrole nitrogens is 1. The van der Waals surface area contributed by atoms with Crippen LogP contribution in [0.3, 0.4) is 0 Å². The second-order valence-electron chi connectivity index (χ2n) is 7.85. The van der Waals surface area contributed by atoms with E-state index in [1.807, 2.05) is 78.9 Å². The first-order valence-corrected chi connectivity index (χ1v) is 14.0. The van der Waals surface area contributed by atoms with Crippen molar-refractivity contribution in [1.82, 2.24) is 9.97 Å². The number of rotatable bonds is 6. The first-order valence-electron chi connectivity index (χ1n) is 10.7. The number of carbonyl (C=O) groups is 2. The Hall–Kier alpha value is -2.13. The molecule has 5 nitrogen and oxygen atoms in total. The molecule has 36 heavy (non-hydrogen) atoms. The largest absolute Gasteiger partial charge is 0.163 e. The van der Waals surface area contributed by atoms with Gasteiger partial charge in [0.05, 0.1) is 0 Å². The number of amides is 1. The Morgan fingerprint density at radius 2 is 1.53 bits per heavy atom. The molecule has 0 fully saturated rings. The molecule has 0 aliphatic rings. The molecule has 0 saturated carbocycles. The van der Waals surface area contributed by atoms with Gasteiger partial charge in [-0.25, -0.2) is 0 Å². The summed E-state index contributed by atoms with van der Waals surface area (Å²) < 4.78 is 2.44. The first kappa shape index (κ1) is 26.9. The number of aromatic amines is 1. The minimum absolute atomic E-state index is 0. The quantitative estimate of drug-likeness (QED) is 0.156. The number of carbonyl (C=O) groups excluding carboxylic acids is 2. The van der Waals surface area contributed by atoms with Crippen LogP contribution in [0.25, 0.3) is 22.4 Å². The molecule has 2 N–H and O–H groups in total. The summed E-state index contributed by atoms with van der Waals surface area (Å²) in [5, 5.41) is 2.90. The van der Waals surface area contributed by atoms with Crippen LogP contribution in [0.4, 0.5) is 5.69 Å². The maximum absolute atomic E-state index is 12.8. The van der Waals surface area contributed by atoms with Gasteiger partial charge in [0.25, 0.3) is 0 Å². The molecule has 1 amide bonds. The minimum Gasteiger partial charge on any atom is -0.163 e. The Morgan fingerprint density at radius 1 is 0.861 bits per heavy atom. The van der Waals surface area contributed by atoms with Crippen LogP contribution in [-0.2, 0) is 0 Å². The number of aromatic nitrogens is 2. The van der Waals surface area contributed by atoms with Crippen molar-refractivity contribution in [3.8, 4) is 11.4 Å². The van der Waals surface area contributed by atoms with Crippen molar-refractivity contribution >= 4 is 49.0 Å². The number of nitrogens with one attached hydrogen (secondary N) is 2. The van der Waals surface area contributed by atoms with E-state index < -0.39 is 21.2 Å². The van der Waals surface area contributed by atoms with Crippen LogP contribution in [-0.4, -0.2) is 19.7 Å². The van der Waals surface area contributed by atoms with Crippen LogP contribution in [0.1, 0.15) is 26.3 Å². The SMILES string of the molecule is [CH2-]c1ccc(C(=O)Nc2ccc(-c3nc4ccc(C(=O)[I-]c5ccc(I)cc5)cc4[nH]3)cc2)cc1.[U]. The molecule has 0 aliphatic heterocycles. The Balaban J connectivity index is 0.00000304. The average Bonchev–Trinajstić information content (AvgIpc) is 3.30. The number of benzene rings is 4. The fraction of sp³-hybridized carbons (Fsp3) is 0. The maximum atomic E-state index is 12.8. The molecular formula is C28H19I2N3O2U-2. The molecule has 0 radical (unpaired) electrons. The van der Waals surface area contributed by atoms with Gasteiger partial charge < -0.3 is 0 Å². The van der Waals surface area contributed by atoms with Crippen molar-refractivity contribution < 1.29 is 61.9 Å². The van der Waals surface area contributed by atoms with Gasteiger partial charge in [-0.15, -0.1) is 12.1 Å². The number of hydrogen-bond acceptors (Lipinski definition) is 3. The van der Waals surface area contributed by atoms with E-state index in [2.05, 4.69) is 44.8 Å². The smallest absolute Gasteiger partial charge is 0 e. The molecular weight excluding hydrogens is 902 g/mol. The van der Waals surface area contributed by atoms with Gasteiger partial charge in [0.1, 0.15) is 0 Å². The summed E-state index contributed by atoms with van der Waals surface area (Å²) in [7, 11) is 0. The Kier molecular flexibility index (Phi) is 8.93. The van der Waals surface area contributed by atoms with Gasteiger partial charge in [-0.05, 0) is 0 Å². The van der Waals surface area contributed by atoms with Crippen LogP contribution in [0.5, 0.6) is 0 Å². The fourth-order valence-electron chi connectivity index (χ4n) is 3.49. The summed E-state index contributed by atoms with van der Waals surface area (Å²) in [6, 6.07) is 28.4. The second-order valence-corrected chi connectivity index (χ2v) is 11.9. The predicted octanol–water partition coefficient (Wildman–Crippen LogP) is 3.37. The molecule has 0 atom stereocenters. The van der Waals surface area contributed by atoms with Gasteiger partial charge in [-0.1, -0.05) is 0 Å². The number of halogens is 2. The molecule has 0 unspecified atom stereocenters. The zero-order valence-corrected chi connectivity index (χ0v) is 27.4. The summed E-state index contributed by atoms with van der Waals surface area (Å²) >= 11 is 1.50. The first-order chi connectivity index (χ1) is 16.9. The standard InChI is InChI=1S/C28H19I2N3O2.U/c1-17-2-4-19(5-3-17)28(35)31-23-13-6-18(7-14-23)27-32-24-15-8-20(16-25(24)33-27)26(34)30-22-11-9-21(29)10-12-22;/h2-16H,1H2,(H,31,35)(H,32,33);/q-2;. The van der Waals surface area contributed by atoms with E-state index in [1.165, 1.54) is 0 Å². The number of hydrogen-bond donors (Lipinski definition) is 2. The van der Waals surface area contributed by atoms with Gasteiger partial charge in [0.15, 0.2) is 0 Å². The molecule has 0 spiro atoms. The van der Waals surface area contributed by atoms with Crippen molar-refractivity contribution in [1.29, 1.82) is 0 Å². The van der Waals surface area contributed by atoms with Gasteiger partial charge >= 0.3 is 181 Å². The fourth-order valence-corrected chi connectivity index (χ4v) is 5.78. The van der Waals surface area contributed by atoms with E-state index in [0.717, 1.165) is 29.3 Å². The van der Waals surface area contributed by atoms with E-state index >= 15 is 0 Å². The van der Waals surface area contributed by atoms with Gasteiger partial charge in [0, 0.05) is 36.7 Å². The van der Waals surface area contributed by atoms with E-state index in [9.17, 15) is 9.59 Å². The zero-order chi connectivity index (χ0) is 24.4. The summed E-state index contributed by atoms with van der Waals surface area (Å²) in [4.78, 5) is 33.3. The third kappa shape index (κ3) is 6.40. The van der Waals surface area contributed by atoms with E-state index in [4.69, 9.17) is 0 Å².